The Morgan fingerprint density at radius 3 is 2.57 bits per heavy atom. The van der Waals surface area contributed by atoms with E-state index < -0.39 is 5.91 Å². The van der Waals surface area contributed by atoms with Gasteiger partial charge in [-0.3, -0.25) is 4.79 Å². The van der Waals surface area contributed by atoms with Gasteiger partial charge < -0.3 is 5.11 Å². The maximum absolute atomic E-state index is 12.4. The number of hydrogen-bond donors (Lipinski definition) is 2. The van der Waals surface area contributed by atoms with Gasteiger partial charge in [-0.05, 0) is 45.9 Å². The Bertz CT molecular complexity index is 704. The van der Waals surface area contributed by atoms with Crippen molar-refractivity contribution in [2.45, 2.75) is 39.5 Å². The number of aromatic hydroxyl groups is 1. The first-order valence-electron chi connectivity index (χ1n) is 7.62. The fourth-order valence-electron chi connectivity index (χ4n) is 2.20. The van der Waals surface area contributed by atoms with Crippen LogP contribution in [0.15, 0.2) is 34.1 Å². The normalized spacial score (nSPS) is 11.6. The minimum absolute atomic E-state index is 0.0348. The van der Waals surface area contributed by atoms with Crippen molar-refractivity contribution in [2.75, 3.05) is 0 Å². The van der Waals surface area contributed by atoms with Crippen LogP contribution >= 0.6 is 11.3 Å². The Balaban J connectivity index is 2.28. The van der Waals surface area contributed by atoms with Crippen LogP contribution < -0.4 is 5.43 Å². The maximum Gasteiger partial charge on any atom is 0.275 e. The van der Waals surface area contributed by atoms with Gasteiger partial charge in [-0.2, -0.15) is 16.4 Å². The predicted octanol–water partition coefficient (Wildman–Crippen LogP) is 4.46. The van der Waals surface area contributed by atoms with Crippen molar-refractivity contribution < 1.29 is 9.90 Å². The van der Waals surface area contributed by atoms with Crippen LogP contribution in [0.3, 0.4) is 0 Å². The molecule has 2 N–H and O–H groups in total. The van der Waals surface area contributed by atoms with Crippen LogP contribution in [-0.4, -0.2) is 17.2 Å². The molecule has 1 aromatic heterocycles. The first-order chi connectivity index (χ1) is 10.9. The number of hydrazone groups is 1. The molecule has 0 unspecified atom stereocenters. The number of rotatable bonds is 5. The summed E-state index contributed by atoms with van der Waals surface area (Å²) in [5.74, 6) is 0.0366. The molecule has 23 heavy (non-hydrogen) atoms. The van der Waals surface area contributed by atoms with E-state index in [9.17, 15) is 9.90 Å². The van der Waals surface area contributed by atoms with E-state index in [4.69, 9.17) is 0 Å². The average molecular weight is 330 g/mol. The number of thiophene rings is 1. The lowest BCUT2D eigenvalue weighted by Gasteiger charge is -2.16. The molecule has 2 rings (SSSR count). The third kappa shape index (κ3) is 4.20. The molecule has 2 aromatic rings. The average Bonchev–Trinajstić information content (AvgIpc) is 3.00. The van der Waals surface area contributed by atoms with Crippen LogP contribution in [0.5, 0.6) is 5.75 Å². The Kier molecular flexibility index (Phi) is 5.55. The zero-order valence-corrected chi connectivity index (χ0v) is 14.6. The minimum Gasteiger partial charge on any atom is -0.507 e. The van der Waals surface area contributed by atoms with E-state index >= 15 is 0 Å². The topological polar surface area (TPSA) is 61.7 Å². The van der Waals surface area contributed by atoms with E-state index in [1.807, 2.05) is 36.7 Å². The molecule has 1 aromatic carbocycles. The molecule has 0 aliphatic rings. The van der Waals surface area contributed by atoms with Crippen molar-refractivity contribution >= 4 is 23.5 Å². The first-order valence-corrected chi connectivity index (χ1v) is 8.56. The number of amides is 1. The summed E-state index contributed by atoms with van der Waals surface area (Å²) in [7, 11) is 0. The summed E-state index contributed by atoms with van der Waals surface area (Å²) in [5.41, 5.74) is 5.49. The fraction of sp³-hybridized carbons (Fsp3) is 0.333. The van der Waals surface area contributed by atoms with Gasteiger partial charge in [-0.25, -0.2) is 5.43 Å². The van der Waals surface area contributed by atoms with E-state index in [0.29, 0.717) is 0 Å². The summed E-state index contributed by atoms with van der Waals surface area (Å²) >= 11 is 1.56. The molecule has 5 heteroatoms. The maximum atomic E-state index is 12.4. The van der Waals surface area contributed by atoms with Crippen molar-refractivity contribution in [3.63, 3.8) is 0 Å². The Morgan fingerprint density at radius 2 is 2.00 bits per heavy atom. The molecule has 0 spiro atoms. The largest absolute Gasteiger partial charge is 0.507 e. The summed E-state index contributed by atoms with van der Waals surface area (Å²) in [5, 5.41) is 18.2. The molecule has 0 radical (unpaired) electrons. The summed E-state index contributed by atoms with van der Waals surface area (Å²) in [6.45, 7) is 8.12. The highest BCUT2D eigenvalue weighted by atomic mass is 32.1. The standard InChI is InChI=1S/C18H22N2O2S/c1-11(2)14-7-15(12(3)4)17(21)16(8-14)18(22)20-19-9-13-5-6-23-10-13/h5-12,21H,1-4H3,(H,20,22). The van der Waals surface area contributed by atoms with Crippen molar-refractivity contribution in [1.82, 2.24) is 5.43 Å². The molecular weight excluding hydrogens is 308 g/mol. The van der Waals surface area contributed by atoms with Crippen LogP contribution in [0.4, 0.5) is 0 Å². The highest BCUT2D eigenvalue weighted by molar-refractivity contribution is 7.08. The van der Waals surface area contributed by atoms with Crippen molar-refractivity contribution in [1.29, 1.82) is 0 Å². The first kappa shape index (κ1) is 17.2. The highest BCUT2D eigenvalue weighted by Crippen LogP contribution is 2.33. The minimum atomic E-state index is -0.404. The van der Waals surface area contributed by atoms with E-state index in [-0.39, 0.29) is 23.1 Å². The van der Waals surface area contributed by atoms with Crippen LogP contribution in [0, 0.1) is 0 Å². The van der Waals surface area contributed by atoms with Crippen molar-refractivity contribution in [2.24, 2.45) is 5.10 Å². The molecule has 122 valence electrons. The van der Waals surface area contributed by atoms with Gasteiger partial charge in [-0.1, -0.05) is 33.8 Å². The zero-order chi connectivity index (χ0) is 17.0. The number of nitrogens with zero attached hydrogens (tertiary/aromatic N) is 1. The van der Waals surface area contributed by atoms with E-state index in [1.54, 1.807) is 23.6 Å². The third-order valence-electron chi connectivity index (χ3n) is 3.62. The Hall–Kier alpha value is -2.14. The summed E-state index contributed by atoms with van der Waals surface area (Å²) in [6, 6.07) is 5.62. The number of hydrogen-bond acceptors (Lipinski definition) is 4. The van der Waals surface area contributed by atoms with Crippen LogP contribution in [0.25, 0.3) is 0 Å². The van der Waals surface area contributed by atoms with Gasteiger partial charge in [-0.15, -0.1) is 0 Å². The second-order valence-corrected chi connectivity index (χ2v) is 6.85. The quantitative estimate of drug-likeness (QED) is 0.628. The fourth-order valence-corrected chi connectivity index (χ4v) is 2.81. The zero-order valence-electron chi connectivity index (χ0n) is 13.8. The molecule has 0 aliphatic heterocycles. The molecule has 0 atom stereocenters. The SMILES string of the molecule is CC(C)c1cc(C(=O)NN=Cc2ccsc2)c(O)c(C(C)C)c1. The van der Waals surface area contributed by atoms with E-state index in [1.165, 1.54) is 0 Å². The molecule has 0 aliphatic carbocycles. The second kappa shape index (κ2) is 7.42. The molecule has 0 saturated heterocycles. The number of carbonyl (C=O) groups is 1. The number of benzene rings is 1. The molecule has 0 saturated carbocycles. The smallest absolute Gasteiger partial charge is 0.275 e. The summed E-state index contributed by atoms with van der Waals surface area (Å²) in [4.78, 5) is 12.4. The van der Waals surface area contributed by atoms with Gasteiger partial charge in [0.2, 0.25) is 0 Å². The van der Waals surface area contributed by atoms with E-state index in [0.717, 1.165) is 16.7 Å². The van der Waals surface area contributed by atoms with Gasteiger partial charge in [0.05, 0.1) is 11.8 Å². The van der Waals surface area contributed by atoms with Gasteiger partial charge >= 0.3 is 0 Å². The lowest BCUT2D eigenvalue weighted by molar-refractivity contribution is 0.0952. The Morgan fingerprint density at radius 1 is 1.26 bits per heavy atom. The van der Waals surface area contributed by atoms with Gasteiger partial charge in [0, 0.05) is 5.56 Å². The summed E-state index contributed by atoms with van der Waals surface area (Å²) in [6.07, 6.45) is 1.58. The van der Waals surface area contributed by atoms with Crippen LogP contribution in [-0.2, 0) is 0 Å². The number of phenolic OH excluding ortho intramolecular Hbond substituents is 1. The number of phenols is 1. The second-order valence-electron chi connectivity index (χ2n) is 6.07. The molecule has 4 nitrogen and oxygen atoms in total. The molecule has 0 bridgehead atoms. The van der Waals surface area contributed by atoms with Gasteiger partial charge in [0.25, 0.3) is 5.91 Å². The van der Waals surface area contributed by atoms with Crippen LogP contribution in [0.2, 0.25) is 0 Å². The third-order valence-corrected chi connectivity index (χ3v) is 4.32. The molecule has 1 heterocycles. The summed E-state index contributed by atoms with van der Waals surface area (Å²) < 4.78 is 0. The van der Waals surface area contributed by atoms with Gasteiger partial charge in [0.1, 0.15) is 5.75 Å². The van der Waals surface area contributed by atoms with Crippen molar-refractivity contribution in [3.05, 3.63) is 51.2 Å². The number of carbonyl (C=O) groups excluding carboxylic acids is 1. The Labute approximate surface area is 140 Å². The molecular formula is C18H22N2O2S. The lowest BCUT2D eigenvalue weighted by Crippen LogP contribution is -2.18. The molecule has 1 amide bonds. The molecule has 0 fully saturated rings. The monoisotopic (exact) mass is 330 g/mol. The van der Waals surface area contributed by atoms with Crippen LogP contribution in [0.1, 0.15) is 66.6 Å². The van der Waals surface area contributed by atoms with Gasteiger partial charge in [0.15, 0.2) is 0 Å². The number of nitrogens with one attached hydrogen (secondary N) is 1. The predicted molar refractivity (Wildman–Crippen MR) is 95.7 cm³/mol. The van der Waals surface area contributed by atoms with E-state index in [2.05, 4.69) is 24.4 Å². The lowest BCUT2D eigenvalue weighted by atomic mass is 9.92. The van der Waals surface area contributed by atoms with Crippen molar-refractivity contribution in [3.8, 4) is 5.75 Å². The highest BCUT2D eigenvalue weighted by Gasteiger charge is 2.18.